The van der Waals surface area contributed by atoms with Gasteiger partial charge in [-0.25, -0.2) is 0 Å². The maximum absolute atomic E-state index is 12.4. The van der Waals surface area contributed by atoms with E-state index < -0.39 is 16.4 Å². The monoisotopic (exact) mass is 332 g/mol. The highest BCUT2D eigenvalue weighted by Gasteiger charge is 2.29. The maximum atomic E-state index is 12.4. The fourth-order valence-electron chi connectivity index (χ4n) is 3.18. The van der Waals surface area contributed by atoms with E-state index in [1.54, 1.807) is 0 Å². The number of benzene rings is 1. The standard InChI is InChI=1S/C16H20N4O4/c21-15(17-10-16(22)7-3-1-2-4-8-16)14-12-9-11(20(23)24)5-6-13(12)18-19-14/h5-6,9,22H,1-4,7-8,10H2,(H,17,21)(H,18,19). The van der Waals surface area contributed by atoms with E-state index in [9.17, 15) is 20.0 Å². The van der Waals surface area contributed by atoms with Crippen molar-refractivity contribution in [3.05, 3.63) is 34.0 Å². The molecule has 0 saturated heterocycles. The van der Waals surface area contributed by atoms with Gasteiger partial charge >= 0.3 is 0 Å². The third-order valence-corrected chi connectivity index (χ3v) is 4.58. The van der Waals surface area contributed by atoms with E-state index in [2.05, 4.69) is 15.5 Å². The molecular formula is C16H20N4O4. The topological polar surface area (TPSA) is 121 Å². The van der Waals surface area contributed by atoms with Gasteiger partial charge in [-0.15, -0.1) is 0 Å². The summed E-state index contributed by atoms with van der Waals surface area (Å²) in [6, 6.07) is 4.21. The van der Waals surface area contributed by atoms with Crippen LogP contribution in [0.15, 0.2) is 18.2 Å². The van der Waals surface area contributed by atoms with E-state index in [0.29, 0.717) is 23.7 Å². The van der Waals surface area contributed by atoms with Crippen LogP contribution < -0.4 is 5.32 Å². The van der Waals surface area contributed by atoms with E-state index in [0.717, 1.165) is 25.7 Å². The van der Waals surface area contributed by atoms with E-state index in [4.69, 9.17) is 0 Å². The molecule has 0 radical (unpaired) electrons. The van der Waals surface area contributed by atoms with Crippen LogP contribution in [0.1, 0.15) is 49.0 Å². The van der Waals surface area contributed by atoms with Crippen molar-refractivity contribution in [3.8, 4) is 0 Å². The summed E-state index contributed by atoms with van der Waals surface area (Å²) < 4.78 is 0. The third-order valence-electron chi connectivity index (χ3n) is 4.58. The molecule has 0 bridgehead atoms. The number of H-pyrrole nitrogens is 1. The fourth-order valence-corrected chi connectivity index (χ4v) is 3.18. The van der Waals surface area contributed by atoms with Crippen LogP contribution in [0.25, 0.3) is 10.9 Å². The van der Waals surface area contributed by atoms with E-state index >= 15 is 0 Å². The van der Waals surface area contributed by atoms with Crippen molar-refractivity contribution in [2.45, 2.75) is 44.1 Å². The summed E-state index contributed by atoms with van der Waals surface area (Å²) in [5, 5.41) is 31.3. The summed E-state index contributed by atoms with van der Waals surface area (Å²) in [7, 11) is 0. The summed E-state index contributed by atoms with van der Waals surface area (Å²) in [6.45, 7) is 0.162. The number of rotatable bonds is 4. The molecule has 0 spiro atoms. The first-order valence-electron chi connectivity index (χ1n) is 8.12. The molecule has 1 aliphatic rings. The molecule has 3 N–H and O–H groups in total. The van der Waals surface area contributed by atoms with Crippen LogP contribution >= 0.6 is 0 Å². The number of amides is 1. The lowest BCUT2D eigenvalue weighted by atomic mass is 9.94. The largest absolute Gasteiger partial charge is 0.388 e. The van der Waals surface area contributed by atoms with Crippen molar-refractivity contribution in [2.75, 3.05) is 6.54 Å². The van der Waals surface area contributed by atoms with Crippen LogP contribution in [-0.2, 0) is 0 Å². The van der Waals surface area contributed by atoms with Gasteiger partial charge in [0.15, 0.2) is 5.69 Å². The highest BCUT2D eigenvalue weighted by Crippen LogP contribution is 2.27. The zero-order chi connectivity index (χ0) is 17.2. The van der Waals surface area contributed by atoms with Gasteiger partial charge in [-0.3, -0.25) is 20.0 Å². The molecule has 1 amide bonds. The van der Waals surface area contributed by atoms with Crippen molar-refractivity contribution < 1.29 is 14.8 Å². The summed E-state index contributed by atoms with van der Waals surface area (Å²) in [4.78, 5) is 22.8. The first kappa shape index (κ1) is 16.4. The SMILES string of the molecule is O=C(NCC1(O)CCCCCC1)c1n[nH]c2ccc([N+](=O)[O-])cc12. The summed E-state index contributed by atoms with van der Waals surface area (Å²) in [5.41, 5.74) is -0.324. The van der Waals surface area contributed by atoms with Crippen LogP contribution in [-0.4, -0.2) is 38.3 Å². The second-order valence-electron chi connectivity index (χ2n) is 6.38. The van der Waals surface area contributed by atoms with Crippen LogP contribution in [0.2, 0.25) is 0 Å². The van der Waals surface area contributed by atoms with Crippen molar-refractivity contribution in [3.63, 3.8) is 0 Å². The van der Waals surface area contributed by atoms with Gasteiger partial charge in [0.05, 0.1) is 16.0 Å². The average molecular weight is 332 g/mol. The number of nitrogens with one attached hydrogen (secondary N) is 2. The second kappa shape index (κ2) is 6.56. The van der Waals surface area contributed by atoms with Gasteiger partial charge in [-0.2, -0.15) is 5.10 Å². The third kappa shape index (κ3) is 3.38. The van der Waals surface area contributed by atoms with Crippen LogP contribution in [0.3, 0.4) is 0 Å². The molecule has 1 aromatic carbocycles. The number of aliphatic hydroxyl groups is 1. The second-order valence-corrected chi connectivity index (χ2v) is 6.38. The highest BCUT2D eigenvalue weighted by molar-refractivity contribution is 6.05. The Morgan fingerprint density at radius 3 is 2.71 bits per heavy atom. The fraction of sp³-hybridized carbons (Fsp3) is 0.500. The Kier molecular flexibility index (Phi) is 4.48. The number of fused-ring (bicyclic) bond motifs is 1. The molecule has 1 aromatic heterocycles. The number of non-ortho nitro benzene ring substituents is 1. The summed E-state index contributed by atoms with van der Waals surface area (Å²) in [5.74, 6) is -0.445. The van der Waals surface area contributed by atoms with E-state index in [1.807, 2.05) is 0 Å². The van der Waals surface area contributed by atoms with Crippen molar-refractivity contribution in [1.29, 1.82) is 0 Å². The Bertz CT molecular complexity index is 763. The van der Waals surface area contributed by atoms with Crippen molar-refractivity contribution in [2.24, 2.45) is 0 Å². The zero-order valence-electron chi connectivity index (χ0n) is 13.2. The van der Waals surface area contributed by atoms with Gasteiger partial charge in [-0.05, 0) is 18.9 Å². The lowest BCUT2D eigenvalue weighted by molar-refractivity contribution is -0.384. The Labute approximate surface area is 138 Å². The van der Waals surface area contributed by atoms with Gasteiger partial charge in [0, 0.05) is 24.1 Å². The molecule has 1 heterocycles. The molecule has 2 aromatic rings. The number of carbonyl (C=O) groups excluding carboxylic acids is 1. The minimum absolute atomic E-state index is 0.0969. The Morgan fingerprint density at radius 2 is 2.04 bits per heavy atom. The zero-order valence-corrected chi connectivity index (χ0v) is 13.2. The minimum atomic E-state index is -0.885. The highest BCUT2D eigenvalue weighted by atomic mass is 16.6. The molecule has 0 atom stereocenters. The first-order valence-corrected chi connectivity index (χ1v) is 8.12. The van der Waals surface area contributed by atoms with Gasteiger partial charge < -0.3 is 10.4 Å². The molecule has 24 heavy (non-hydrogen) atoms. The predicted molar refractivity (Wildman–Crippen MR) is 87.7 cm³/mol. The average Bonchev–Trinajstić information content (AvgIpc) is 2.87. The van der Waals surface area contributed by atoms with Gasteiger partial charge in [0.2, 0.25) is 0 Å². The number of nitro benzene ring substituents is 1. The lowest BCUT2D eigenvalue weighted by Crippen LogP contribution is -2.42. The van der Waals surface area contributed by atoms with Gasteiger partial charge in [0.25, 0.3) is 11.6 Å². The Balaban J connectivity index is 1.76. The number of carbonyl (C=O) groups is 1. The van der Waals surface area contributed by atoms with E-state index in [-0.39, 0.29) is 17.9 Å². The van der Waals surface area contributed by atoms with Crippen LogP contribution in [0, 0.1) is 10.1 Å². The number of nitro groups is 1. The molecule has 0 unspecified atom stereocenters. The molecule has 8 heteroatoms. The first-order chi connectivity index (χ1) is 11.5. The lowest BCUT2D eigenvalue weighted by Gasteiger charge is -2.26. The van der Waals surface area contributed by atoms with E-state index in [1.165, 1.54) is 18.2 Å². The van der Waals surface area contributed by atoms with Gasteiger partial charge in [-0.1, -0.05) is 25.7 Å². The number of hydrogen-bond acceptors (Lipinski definition) is 5. The quantitative estimate of drug-likeness (QED) is 0.450. The molecule has 0 aliphatic heterocycles. The Morgan fingerprint density at radius 1 is 1.33 bits per heavy atom. The molecule has 3 rings (SSSR count). The molecule has 1 fully saturated rings. The minimum Gasteiger partial charge on any atom is -0.388 e. The number of hydrogen-bond donors (Lipinski definition) is 3. The number of aromatic amines is 1. The molecule has 1 saturated carbocycles. The van der Waals surface area contributed by atoms with Crippen LogP contribution in [0.4, 0.5) is 5.69 Å². The smallest absolute Gasteiger partial charge is 0.272 e. The molecule has 128 valence electrons. The molecule has 8 nitrogen and oxygen atoms in total. The summed E-state index contributed by atoms with van der Waals surface area (Å²) >= 11 is 0. The molecule has 1 aliphatic carbocycles. The van der Waals surface area contributed by atoms with Crippen molar-refractivity contribution >= 4 is 22.5 Å². The number of nitrogens with zero attached hydrogens (tertiary/aromatic N) is 2. The molecular weight excluding hydrogens is 312 g/mol. The maximum Gasteiger partial charge on any atom is 0.272 e. The van der Waals surface area contributed by atoms with Crippen molar-refractivity contribution in [1.82, 2.24) is 15.5 Å². The summed E-state index contributed by atoms with van der Waals surface area (Å²) in [6.07, 6.45) is 5.43. The van der Waals surface area contributed by atoms with Gasteiger partial charge in [0.1, 0.15) is 0 Å². The predicted octanol–water partition coefficient (Wildman–Crippen LogP) is 2.29. The van der Waals surface area contributed by atoms with Crippen LogP contribution in [0.5, 0.6) is 0 Å². The normalized spacial score (nSPS) is 17.4. The number of aromatic nitrogens is 2. The Hall–Kier alpha value is -2.48.